The third-order valence-corrected chi connectivity index (χ3v) is 2.55. The van der Waals surface area contributed by atoms with Crippen LogP contribution in [0, 0.1) is 17.0 Å². The van der Waals surface area contributed by atoms with Gasteiger partial charge in [-0.15, -0.1) is 12.4 Å². The molecule has 0 heterocycles. The first-order valence-corrected chi connectivity index (χ1v) is 4.70. The highest BCUT2D eigenvalue weighted by molar-refractivity contribution is 5.85. The van der Waals surface area contributed by atoms with E-state index in [2.05, 4.69) is 0 Å². The predicted octanol–water partition coefficient (Wildman–Crippen LogP) is 2.40. The van der Waals surface area contributed by atoms with E-state index in [1.807, 2.05) is 0 Å². The molecule has 0 unspecified atom stereocenters. The number of aliphatic hydroxyl groups is 1. The van der Waals surface area contributed by atoms with Gasteiger partial charge in [-0.2, -0.15) is 0 Å². The van der Waals surface area contributed by atoms with Crippen molar-refractivity contribution in [3.63, 3.8) is 0 Å². The number of benzene rings is 1. The molecule has 1 rings (SSSR count). The van der Waals surface area contributed by atoms with Gasteiger partial charge in [-0.3, -0.25) is 0 Å². The summed E-state index contributed by atoms with van der Waals surface area (Å²) in [6, 6.07) is 3.01. The van der Waals surface area contributed by atoms with Gasteiger partial charge in [0.1, 0.15) is 0 Å². The Hall–Kier alpha value is -0.710. The highest BCUT2D eigenvalue weighted by atomic mass is 35.5. The minimum Gasteiger partial charge on any atom is -0.396 e. The zero-order chi connectivity index (χ0) is 11.6. The fourth-order valence-corrected chi connectivity index (χ4v) is 1.26. The molecule has 92 valence electrons. The van der Waals surface area contributed by atoms with Gasteiger partial charge in [-0.1, -0.05) is 19.9 Å². The summed E-state index contributed by atoms with van der Waals surface area (Å²) in [6.07, 6.45) is 0. The first kappa shape index (κ1) is 15.3. The van der Waals surface area contributed by atoms with E-state index in [1.54, 1.807) is 13.8 Å². The number of hydrogen-bond donors (Lipinski definition) is 2. The van der Waals surface area contributed by atoms with Gasteiger partial charge >= 0.3 is 0 Å². The summed E-state index contributed by atoms with van der Waals surface area (Å²) >= 11 is 0. The van der Waals surface area contributed by atoms with Crippen LogP contribution in [0.2, 0.25) is 0 Å². The largest absolute Gasteiger partial charge is 0.396 e. The van der Waals surface area contributed by atoms with E-state index in [0.29, 0.717) is 5.56 Å². The van der Waals surface area contributed by atoms with E-state index in [0.717, 1.165) is 12.1 Å². The van der Waals surface area contributed by atoms with Crippen LogP contribution in [-0.4, -0.2) is 11.7 Å². The second kappa shape index (κ2) is 5.57. The van der Waals surface area contributed by atoms with Gasteiger partial charge in [0.05, 0.1) is 0 Å². The summed E-state index contributed by atoms with van der Waals surface area (Å²) in [7, 11) is 0. The van der Waals surface area contributed by atoms with Gasteiger partial charge < -0.3 is 10.8 Å². The van der Waals surface area contributed by atoms with E-state index in [1.165, 1.54) is 6.07 Å². The number of hydrogen-bond acceptors (Lipinski definition) is 2. The fraction of sp³-hybridized carbons (Fsp3) is 0.455. The summed E-state index contributed by atoms with van der Waals surface area (Å²) < 4.78 is 25.6. The average molecular weight is 252 g/mol. The van der Waals surface area contributed by atoms with Crippen molar-refractivity contribution in [2.75, 3.05) is 6.61 Å². The lowest BCUT2D eigenvalue weighted by Crippen LogP contribution is -2.32. The Bertz CT molecular complexity index is 358. The summed E-state index contributed by atoms with van der Waals surface area (Å²) in [5, 5.41) is 9.10. The van der Waals surface area contributed by atoms with Gasteiger partial charge in [-0.25, -0.2) is 8.78 Å². The van der Waals surface area contributed by atoms with E-state index in [9.17, 15) is 8.78 Å². The number of halogens is 3. The molecule has 0 saturated heterocycles. The van der Waals surface area contributed by atoms with Crippen LogP contribution in [0.4, 0.5) is 8.78 Å². The third-order valence-electron chi connectivity index (χ3n) is 2.55. The summed E-state index contributed by atoms with van der Waals surface area (Å²) in [6.45, 7) is 3.41. The Labute approximate surface area is 99.9 Å². The lowest BCUT2D eigenvalue weighted by atomic mass is 9.82. The standard InChI is InChI=1S/C11H15F2NO.ClH/c1-11(2,6-15)10(14)7-3-4-8(12)9(13)5-7;/h3-5,10,15H,6,14H2,1-2H3;1H/t10-;/m0./s1. The fourth-order valence-electron chi connectivity index (χ4n) is 1.26. The van der Waals surface area contributed by atoms with Crippen LogP contribution >= 0.6 is 12.4 Å². The van der Waals surface area contributed by atoms with Crippen LogP contribution in [-0.2, 0) is 0 Å². The van der Waals surface area contributed by atoms with E-state index in [-0.39, 0.29) is 19.0 Å². The highest BCUT2D eigenvalue weighted by Gasteiger charge is 2.27. The van der Waals surface area contributed by atoms with Crippen molar-refractivity contribution in [1.29, 1.82) is 0 Å². The molecule has 0 amide bonds. The molecule has 0 aliphatic rings. The van der Waals surface area contributed by atoms with E-state index in [4.69, 9.17) is 10.8 Å². The third kappa shape index (κ3) is 3.14. The molecule has 0 spiro atoms. The molecule has 0 aliphatic heterocycles. The smallest absolute Gasteiger partial charge is 0.159 e. The quantitative estimate of drug-likeness (QED) is 0.867. The van der Waals surface area contributed by atoms with Crippen molar-refractivity contribution >= 4 is 12.4 Å². The monoisotopic (exact) mass is 251 g/mol. The van der Waals surface area contributed by atoms with E-state index < -0.39 is 23.1 Å². The Morgan fingerprint density at radius 1 is 1.31 bits per heavy atom. The highest BCUT2D eigenvalue weighted by Crippen LogP contribution is 2.31. The lowest BCUT2D eigenvalue weighted by Gasteiger charge is -2.29. The van der Waals surface area contributed by atoms with Crippen molar-refractivity contribution in [1.82, 2.24) is 0 Å². The number of aliphatic hydroxyl groups excluding tert-OH is 1. The van der Waals surface area contributed by atoms with Crippen LogP contribution in [0.15, 0.2) is 18.2 Å². The zero-order valence-electron chi connectivity index (χ0n) is 9.21. The average Bonchev–Trinajstić information content (AvgIpc) is 2.21. The molecule has 16 heavy (non-hydrogen) atoms. The summed E-state index contributed by atoms with van der Waals surface area (Å²) in [5.74, 6) is -1.82. The van der Waals surface area contributed by atoms with Gasteiger partial charge in [0.25, 0.3) is 0 Å². The normalized spacial score (nSPS) is 13.1. The molecule has 1 aromatic carbocycles. The van der Waals surface area contributed by atoms with Gasteiger partial charge in [-0.05, 0) is 17.7 Å². The molecule has 0 bridgehead atoms. The number of rotatable bonds is 3. The summed E-state index contributed by atoms with van der Waals surface area (Å²) in [4.78, 5) is 0. The minimum absolute atomic E-state index is 0. The topological polar surface area (TPSA) is 46.2 Å². The molecular formula is C11H16ClF2NO. The Morgan fingerprint density at radius 3 is 2.31 bits per heavy atom. The maximum Gasteiger partial charge on any atom is 0.159 e. The molecule has 0 radical (unpaired) electrons. The van der Waals surface area contributed by atoms with Crippen molar-refractivity contribution in [3.8, 4) is 0 Å². The van der Waals surface area contributed by atoms with Crippen molar-refractivity contribution in [2.24, 2.45) is 11.1 Å². The molecule has 1 atom stereocenters. The first-order chi connectivity index (χ1) is 6.88. The van der Waals surface area contributed by atoms with Crippen LogP contribution in [0.1, 0.15) is 25.5 Å². The molecule has 0 aromatic heterocycles. The second-order valence-electron chi connectivity index (χ2n) is 4.30. The van der Waals surface area contributed by atoms with Crippen LogP contribution in [0.3, 0.4) is 0 Å². The molecule has 0 fully saturated rings. The molecular weight excluding hydrogens is 236 g/mol. The molecule has 2 nitrogen and oxygen atoms in total. The molecule has 0 aliphatic carbocycles. The lowest BCUT2D eigenvalue weighted by molar-refractivity contribution is 0.132. The predicted molar refractivity (Wildman–Crippen MR) is 61.4 cm³/mol. The van der Waals surface area contributed by atoms with Crippen LogP contribution in [0.5, 0.6) is 0 Å². The minimum atomic E-state index is -0.920. The van der Waals surface area contributed by atoms with Crippen molar-refractivity contribution in [3.05, 3.63) is 35.4 Å². The van der Waals surface area contributed by atoms with Crippen molar-refractivity contribution < 1.29 is 13.9 Å². The van der Waals surface area contributed by atoms with Crippen molar-refractivity contribution in [2.45, 2.75) is 19.9 Å². The Morgan fingerprint density at radius 2 is 1.88 bits per heavy atom. The van der Waals surface area contributed by atoms with Gasteiger partial charge in [0.15, 0.2) is 11.6 Å². The zero-order valence-corrected chi connectivity index (χ0v) is 10.0. The molecule has 5 heteroatoms. The molecule has 3 N–H and O–H groups in total. The molecule has 1 aromatic rings. The van der Waals surface area contributed by atoms with Crippen LogP contribution < -0.4 is 5.73 Å². The molecule has 0 saturated carbocycles. The first-order valence-electron chi connectivity index (χ1n) is 4.70. The maximum atomic E-state index is 12.9. The van der Waals surface area contributed by atoms with Gasteiger partial charge in [0, 0.05) is 18.1 Å². The van der Waals surface area contributed by atoms with E-state index >= 15 is 0 Å². The van der Waals surface area contributed by atoms with Gasteiger partial charge in [0.2, 0.25) is 0 Å². The Kier molecular flexibility index (Phi) is 5.32. The SMILES string of the molecule is CC(C)(CO)[C@@H](N)c1ccc(F)c(F)c1.Cl. The maximum absolute atomic E-state index is 12.9. The number of nitrogens with two attached hydrogens (primary N) is 1. The van der Waals surface area contributed by atoms with Crippen LogP contribution in [0.25, 0.3) is 0 Å². The summed E-state index contributed by atoms with van der Waals surface area (Å²) in [5.41, 5.74) is 5.77. The Balaban J connectivity index is 0.00000225. The second-order valence-corrected chi connectivity index (χ2v) is 4.30.